The minimum Gasteiger partial charge on any atom is -0.481 e. The molecule has 13 heavy (non-hydrogen) atoms. The van der Waals surface area contributed by atoms with Gasteiger partial charge in [-0.3, -0.25) is 4.79 Å². The van der Waals surface area contributed by atoms with E-state index in [1.165, 1.54) is 0 Å². The van der Waals surface area contributed by atoms with Gasteiger partial charge in [0.25, 0.3) is 0 Å². The third kappa shape index (κ3) is 2.19. The first-order valence-corrected chi connectivity index (χ1v) is 4.73. The SMILES string of the molecule is CCC(O)CC1(C(=O)O)CCNC1. The molecule has 4 heteroatoms. The molecule has 0 radical (unpaired) electrons. The van der Waals surface area contributed by atoms with E-state index in [1.54, 1.807) is 0 Å². The Labute approximate surface area is 78.0 Å². The molecular formula is C9H17NO3. The minimum absolute atomic E-state index is 0.367. The molecule has 2 unspecified atom stereocenters. The quantitative estimate of drug-likeness (QED) is 0.588. The summed E-state index contributed by atoms with van der Waals surface area (Å²) in [6.45, 7) is 3.09. The molecule has 0 spiro atoms. The molecule has 1 rings (SSSR count). The number of carbonyl (C=O) groups is 1. The van der Waals surface area contributed by atoms with Crippen molar-refractivity contribution in [1.82, 2.24) is 5.32 Å². The maximum absolute atomic E-state index is 11.0. The number of nitrogens with one attached hydrogen (secondary N) is 1. The van der Waals surface area contributed by atoms with Crippen molar-refractivity contribution in [2.24, 2.45) is 5.41 Å². The fourth-order valence-corrected chi connectivity index (χ4v) is 1.78. The summed E-state index contributed by atoms with van der Waals surface area (Å²) in [6, 6.07) is 0. The fourth-order valence-electron chi connectivity index (χ4n) is 1.78. The van der Waals surface area contributed by atoms with Crippen molar-refractivity contribution in [3.8, 4) is 0 Å². The zero-order chi connectivity index (χ0) is 9.90. The Morgan fingerprint density at radius 3 is 2.77 bits per heavy atom. The van der Waals surface area contributed by atoms with Gasteiger partial charge in [-0.2, -0.15) is 0 Å². The summed E-state index contributed by atoms with van der Waals surface area (Å²) >= 11 is 0. The van der Waals surface area contributed by atoms with Gasteiger partial charge in [0.1, 0.15) is 0 Å². The predicted molar refractivity (Wildman–Crippen MR) is 48.5 cm³/mol. The number of rotatable bonds is 4. The van der Waals surface area contributed by atoms with E-state index in [0.29, 0.717) is 25.8 Å². The van der Waals surface area contributed by atoms with Crippen LogP contribution >= 0.6 is 0 Å². The van der Waals surface area contributed by atoms with Crippen molar-refractivity contribution in [3.63, 3.8) is 0 Å². The molecule has 0 aromatic carbocycles. The number of aliphatic hydroxyl groups is 1. The lowest BCUT2D eigenvalue weighted by Gasteiger charge is -2.25. The molecular weight excluding hydrogens is 170 g/mol. The van der Waals surface area contributed by atoms with Gasteiger partial charge in [-0.25, -0.2) is 0 Å². The molecule has 76 valence electrons. The van der Waals surface area contributed by atoms with E-state index >= 15 is 0 Å². The van der Waals surface area contributed by atoms with Gasteiger partial charge < -0.3 is 15.5 Å². The maximum atomic E-state index is 11.0. The summed E-state index contributed by atoms with van der Waals surface area (Å²) in [6.07, 6.45) is 1.12. The van der Waals surface area contributed by atoms with Gasteiger partial charge in [0.05, 0.1) is 11.5 Å². The summed E-state index contributed by atoms with van der Waals surface area (Å²) in [5.74, 6) is -0.787. The second-order valence-electron chi connectivity index (χ2n) is 3.78. The van der Waals surface area contributed by atoms with Crippen molar-refractivity contribution in [2.45, 2.75) is 32.3 Å². The number of aliphatic carboxylic acids is 1. The maximum Gasteiger partial charge on any atom is 0.311 e. The van der Waals surface area contributed by atoms with Gasteiger partial charge in [0.15, 0.2) is 0 Å². The zero-order valence-electron chi connectivity index (χ0n) is 7.92. The number of hydrogen-bond donors (Lipinski definition) is 3. The van der Waals surface area contributed by atoms with E-state index in [2.05, 4.69) is 5.32 Å². The summed E-state index contributed by atoms with van der Waals surface area (Å²) in [5, 5.41) is 21.5. The van der Waals surface area contributed by atoms with Crippen LogP contribution in [-0.2, 0) is 4.79 Å². The highest BCUT2D eigenvalue weighted by Gasteiger charge is 2.42. The molecule has 1 fully saturated rings. The van der Waals surface area contributed by atoms with Crippen LogP contribution in [0.1, 0.15) is 26.2 Å². The van der Waals surface area contributed by atoms with Crippen LogP contribution in [0.25, 0.3) is 0 Å². The van der Waals surface area contributed by atoms with Crippen molar-refractivity contribution in [1.29, 1.82) is 0 Å². The lowest BCUT2D eigenvalue weighted by molar-refractivity contribution is -0.149. The highest BCUT2D eigenvalue weighted by Crippen LogP contribution is 2.31. The van der Waals surface area contributed by atoms with E-state index in [9.17, 15) is 9.90 Å². The molecule has 0 saturated carbocycles. The third-order valence-corrected chi connectivity index (χ3v) is 2.80. The van der Waals surface area contributed by atoms with Gasteiger partial charge in [-0.15, -0.1) is 0 Å². The molecule has 1 saturated heterocycles. The second kappa shape index (κ2) is 4.07. The smallest absolute Gasteiger partial charge is 0.311 e. The number of hydrogen-bond acceptors (Lipinski definition) is 3. The molecule has 1 aliphatic rings. The molecule has 0 amide bonds. The van der Waals surface area contributed by atoms with E-state index in [0.717, 1.165) is 6.54 Å². The van der Waals surface area contributed by atoms with Gasteiger partial charge >= 0.3 is 5.97 Å². The largest absolute Gasteiger partial charge is 0.481 e. The molecule has 1 aliphatic heterocycles. The van der Waals surface area contributed by atoms with Gasteiger partial charge in [-0.05, 0) is 25.8 Å². The monoisotopic (exact) mass is 187 g/mol. The van der Waals surface area contributed by atoms with Crippen molar-refractivity contribution < 1.29 is 15.0 Å². The molecule has 4 nitrogen and oxygen atoms in total. The van der Waals surface area contributed by atoms with Crippen LogP contribution in [0.5, 0.6) is 0 Å². The van der Waals surface area contributed by atoms with Gasteiger partial charge in [0.2, 0.25) is 0 Å². The lowest BCUT2D eigenvalue weighted by Crippen LogP contribution is -2.36. The standard InChI is InChI=1S/C9H17NO3/c1-2-7(11)5-9(8(12)13)3-4-10-6-9/h7,10-11H,2-6H2,1H3,(H,12,13). The predicted octanol–water partition coefficient (Wildman–Crippen LogP) is 0.212. The normalized spacial score (nSPS) is 30.3. The molecule has 1 heterocycles. The number of carboxylic acid groups (broad SMARTS) is 1. The zero-order valence-corrected chi connectivity index (χ0v) is 7.92. The van der Waals surface area contributed by atoms with Gasteiger partial charge in [0, 0.05) is 6.54 Å². The summed E-state index contributed by atoms with van der Waals surface area (Å²) < 4.78 is 0. The van der Waals surface area contributed by atoms with Crippen LogP contribution in [0.4, 0.5) is 0 Å². The average molecular weight is 187 g/mol. The Hall–Kier alpha value is -0.610. The Bertz CT molecular complexity index is 187. The average Bonchev–Trinajstić information content (AvgIpc) is 2.54. The molecule has 0 bridgehead atoms. The summed E-state index contributed by atoms with van der Waals surface area (Å²) in [4.78, 5) is 11.0. The number of aliphatic hydroxyl groups excluding tert-OH is 1. The number of carboxylic acids is 1. The van der Waals surface area contributed by atoms with Crippen LogP contribution in [0.2, 0.25) is 0 Å². The van der Waals surface area contributed by atoms with Crippen LogP contribution in [-0.4, -0.2) is 35.4 Å². The first-order valence-electron chi connectivity index (χ1n) is 4.73. The Kier molecular flexibility index (Phi) is 3.27. The summed E-state index contributed by atoms with van der Waals surface area (Å²) in [5.41, 5.74) is -0.727. The molecule has 2 atom stereocenters. The third-order valence-electron chi connectivity index (χ3n) is 2.80. The minimum atomic E-state index is -0.787. The van der Waals surface area contributed by atoms with E-state index in [1.807, 2.05) is 6.92 Å². The summed E-state index contributed by atoms with van der Waals surface area (Å²) in [7, 11) is 0. The van der Waals surface area contributed by atoms with E-state index in [4.69, 9.17) is 5.11 Å². The molecule has 0 aliphatic carbocycles. The second-order valence-corrected chi connectivity index (χ2v) is 3.78. The van der Waals surface area contributed by atoms with Crippen LogP contribution in [0.15, 0.2) is 0 Å². The molecule has 0 aromatic heterocycles. The van der Waals surface area contributed by atoms with Crippen molar-refractivity contribution in [3.05, 3.63) is 0 Å². The van der Waals surface area contributed by atoms with E-state index in [-0.39, 0.29) is 0 Å². The van der Waals surface area contributed by atoms with Crippen molar-refractivity contribution >= 4 is 5.97 Å². The molecule has 0 aromatic rings. The lowest BCUT2D eigenvalue weighted by atomic mass is 9.81. The van der Waals surface area contributed by atoms with Crippen LogP contribution in [0, 0.1) is 5.41 Å². The Balaban J connectivity index is 2.62. The van der Waals surface area contributed by atoms with Crippen LogP contribution in [0.3, 0.4) is 0 Å². The van der Waals surface area contributed by atoms with Crippen LogP contribution < -0.4 is 5.32 Å². The first-order chi connectivity index (χ1) is 6.10. The molecule has 3 N–H and O–H groups in total. The van der Waals surface area contributed by atoms with Gasteiger partial charge in [-0.1, -0.05) is 6.92 Å². The highest BCUT2D eigenvalue weighted by atomic mass is 16.4. The highest BCUT2D eigenvalue weighted by molar-refractivity contribution is 5.75. The first kappa shape index (κ1) is 10.5. The Morgan fingerprint density at radius 2 is 2.38 bits per heavy atom. The van der Waals surface area contributed by atoms with E-state index < -0.39 is 17.5 Å². The van der Waals surface area contributed by atoms with Crippen molar-refractivity contribution in [2.75, 3.05) is 13.1 Å². The topological polar surface area (TPSA) is 69.6 Å². The fraction of sp³-hybridized carbons (Fsp3) is 0.889. The Morgan fingerprint density at radius 1 is 1.69 bits per heavy atom.